The zero-order valence-electron chi connectivity index (χ0n) is 9.67. The van der Waals surface area contributed by atoms with Crippen LogP contribution < -0.4 is 0 Å². The van der Waals surface area contributed by atoms with Crippen LogP contribution >= 0.6 is 0 Å². The third-order valence-electron chi connectivity index (χ3n) is 2.04. The summed E-state index contributed by atoms with van der Waals surface area (Å²) in [5.74, 6) is 3.98. The van der Waals surface area contributed by atoms with Crippen LogP contribution in [0.3, 0.4) is 0 Å². The fourth-order valence-corrected chi connectivity index (χ4v) is 1.24. The van der Waals surface area contributed by atoms with Gasteiger partial charge in [0, 0.05) is 17.6 Å². The van der Waals surface area contributed by atoms with Crippen molar-refractivity contribution < 1.29 is 19.6 Å². The van der Waals surface area contributed by atoms with Gasteiger partial charge in [-0.05, 0) is 19.1 Å². The number of hydrogen-bond acceptors (Lipinski definition) is 5. The van der Waals surface area contributed by atoms with E-state index in [-0.39, 0.29) is 17.9 Å². The SMILES string of the molecule is CCOC(=O)C#Cc1ccc(CO)c([N+](=O)[O-])c1. The van der Waals surface area contributed by atoms with Crippen molar-refractivity contribution in [1.82, 2.24) is 0 Å². The summed E-state index contributed by atoms with van der Waals surface area (Å²) in [5, 5.41) is 19.7. The van der Waals surface area contributed by atoms with Gasteiger partial charge >= 0.3 is 5.97 Å². The van der Waals surface area contributed by atoms with E-state index in [1.165, 1.54) is 18.2 Å². The third kappa shape index (κ3) is 3.57. The van der Waals surface area contributed by atoms with Crippen molar-refractivity contribution in [2.24, 2.45) is 0 Å². The van der Waals surface area contributed by atoms with E-state index in [2.05, 4.69) is 16.6 Å². The molecule has 18 heavy (non-hydrogen) atoms. The molecule has 94 valence electrons. The molecule has 0 aliphatic carbocycles. The lowest BCUT2D eigenvalue weighted by atomic mass is 10.1. The molecule has 1 rings (SSSR count). The molecule has 0 radical (unpaired) electrons. The Morgan fingerprint density at radius 1 is 1.56 bits per heavy atom. The molecule has 0 aromatic heterocycles. The number of nitro groups is 1. The number of ether oxygens (including phenoxy) is 1. The molecule has 0 spiro atoms. The van der Waals surface area contributed by atoms with Gasteiger partial charge in [0.05, 0.1) is 23.7 Å². The van der Waals surface area contributed by atoms with Gasteiger partial charge in [0.15, 0.2) is 0 Å². The van der Waals surface area contributed by atoms with Crippen molar-refractivity contribution in [3.8, 4) is 11.8 Å². The predicted molar refractivity (Wildman–Crippen MR) is 62.5 cm³/mol. The van der Waals surface area contributed by atoms with E-state index < -0.39 is 17.5 Å². The largest absolute Gasteiger partial charge is 0.456 e. The summed E-state index contributed by atoms with van der Waals surface area (Å²) in [6.07, 6.45) is 0. The maximum Gasteiger partial charge on any atom is 0.384 e. The molecule has 0 fully saturated rings. The van der Waals surface area contributed by atoms with Crippen LogP contribution in [-0.2, 0) is 16.1 Å². The van der Waals surface area contributed by atoms with Gasteiger partial charge in [0.1, 0.15) is 0 Å². The van der Waals surface area contributed by atoms with Gasteiger partial charge < -0.3 is 9.84 Å². The highest BCUT2D eigenvalue weighted by Gasteiger charge is 2.12. The van der Waals surface area contributed by atoms with Crippen LogP contribution in [0.15, 0.2) is 18.2 Å². The van der Waals surface area contributed by atoms with E-state index in [0.717, 1.165) is 0 Å². The Bertz CT molecular complexity index is 527. The smallest absolute Gasteiger partial charge is 0.384 e. The third-order valence-corrected chi connectivity index (χ3v) is 2.04. The molecule has 1 N–H and O–H groups in total. The number of aliphatic hydroxyl groups excluding tert-OH is 1. The zero-order valence-corrected chi connectivity index (χ0v) is 9.67. The van der Waals surface area contributed by atoms with Crippen molar-refractivity contribution in [2.75, 3.05) is 6.61 Å². The van der Waals surface area contributed by atoms with Gasteiger partial charge in [-0.3, -0.25) is 10.1 Å². The van der Waals surface area contributed by atoms with E-state index in [1.54, 1.807) is 6.92 Å². The number of nitro benzene ring substituents is 1. The predicted octanol–water partition coefficient (Wildman–Crippen LogP) is 1.00. The minimum Gasteiger partial charge on any atom is -0.456 e. The van der Waals surface area contributed by atoms with E-state index in [1.807, 2.05) is 0 Å². The van der Waals surface area contributed by atoms with E-state index in [9.17, 15) is 14.9 Å². The van der Waals surface area contributed by atoms with Gasteiger partial charge in [0.2, 0.25) is 0 Å². The second kappa shape index (κ2) is 6.37. The molecule has 0 aliphatic heterocycles. The molecule has 0 aliphatic rings. The molecule has 0 amide bonds. The molecular weight excluding hydrogens is 238 g/mol. The maximum atomic E-state index is 11.0. The lowest BCUT2D eigenvalue weighted by molar-refractivity contribution is -0.385. The highest BCUT2D eigenvalue weighted by Crippen LogP contribution is 2.19. The quantitative estimate of drug-likeness (QED) is 0.373. The fraction of sp³-hybridized carbons (Fsp3) is 0.250. The molecule has 0 unspecified atom stereocenters. The molecular formula is C12H11NO5. The van der Waals surface area contributed by atoms with Crippen LogP contribution in [0, 0.1) is 22.0 Å². The molecule has 0 bridgehead atoms. The van der Waals surface area contributed by atoms with Crippen LogP contribution in [0.1, 0.15) is 18.1 Å². The zero-order chi connectivity index (χ0) is 13.5. The molecule has 0 heterocycles. The molecule has 1 aromatic rings. The lowest BCUT2D eigenvalue weighted by Gasteiger charge is -1.99. The first-order chi connectivity index (χ1) is 8.58. The van der Waals surface area contributed by atoms with Gasteiger partial charge in [-0.15, -0.1) is 0 Å². The summed E-state index contributed by atoms with van der Waals surface area (Å²) >= 11 is 0. The Labute approximate surface area is 103 Å². The molecule has 0 saturated carbocycles. The van der Waals surface area contributed by atoms with Gasteiger partial charge in [-0.25, -0.2) is 4.79 Å². The number of esters is 1. The topological polar surface area (TPSA) is 89.7 Å². The minimum absolute atomic E-state index is 0.196. The summed E-state index contributed by atoms with van der Waals surface area (Å²) in [6.45, 7) is 1.44. The number of nitrogens with zero attached hydrogens (tertiary/aromatic N) is 1. The van der Waals surface area contributed by atoms with E-state index >= 15 is 0 Å². The summed E-state index contributed by atoms with van der Waals surface area (Å²) < 4.78 is 4.60. The Kier molecular flexibility index (Phi) is 4.84. The van der Waals surface area contributed by atoms with Crippen LogP contribution in [0.2, 0.25) is 0 Å². The van der Waals surface area contributed by atoms with Crippen LogP contribution in [-0.4, -0.2) is 22.6 Å². The first-order valence-corrected chi connectivity index (χ1v) is 5.15. The average Bonchev–Trinajstić information content (AvgIpc) is 2.36. The number of aliphatic hydroxyl groups is 1. The second-order valence-electron chi connectivity index (χ2n) is 3.23. The van der Waals surface area contributed by atoms with Crippen LogP contribution in [0.5, 0.6) is 0 Å². The van der Waals surface area contributed by atoms with Gasteiger partial charge in [-0.1, -0.05) is 5.92 Å². The number of rotatable bonds is 3. The molecule has 6 heteroatoms. The van der Waals surface area contributed by atoms with Crippen molar-refractivity contribution in [1.29, 1.82) is 0 Å². The summed E-state index contributed by atoms with van der Waals surface area (Å²) in [7, 11) is 0. The lowest BCUT2D eigenvalue weighted by Crippen LogP contribution is -2.00. The number of benzene rings is 1. The molecule has 1 aromatic carbocycles. The summed E-state index contributed by atoms with van der Waals surface area (Å²) in [4.78, 5) is 21.1. The van der Waals surface area contributed by atoms with Crippen molar-refractivity contribution >= 4 is 11.7 Å². The molecule has 0 atom stereocenters. The first-order valence-electron chi connectivity index (χ1n) is 5.15. The summed E-state index contributed by atoms with van der Waals surface area (Å²) in [6, 6.07) is 4.09. The van der Waals surface area contributed by atoms with E-state index in [0.29, 0.717) is 5.56 Å². The number of carbonyl (C=O) groups is 1. The van der Waals surface area contributed by atoms with Crippen molar-refractivity contribution in [3.05, 3.63) is 39.4 Å². The molecule has 0 saturated heterocycles. The Hall–Kier alpha value is -2.39. The standard InChI is InChI=1S/C12H11NO5/c1-2-18-12(15)6-4-9-3-5-10(8-14)11(7-9)13(16)17/h3,5,7,14H,2,8H2,1H3. The van der Waals surface area contributed by atoms with E-state index in [4.69, 9.17) is 5.11 Å². The molecule has 6 nitrogen and oxygen atoms in total. The monoisotopic (exact) mass is 249 g/mol. The Morgan fingerprint density at radius 3 is 2.83 bits per heavy atom. The van der Waals surface area contributed by atoms with Crippen molar-refractivity contribution in [3.63, 3.8) is 0 Å². The van der Waals surface area contributed by atoms with Crippen molar-refractivity contribution in [2.45, 2.75) is 13.5 Å². The Morgan fingerprint density at radius 2 is 2.28 bits per heavy atom. The maximum absolute atomic E-state index is 11.0. The fourth-order valence-electron chi connectivity index (χ4n) is 1.24. The highest BCUT2D eigenvalue weighted by molar-refractivity contribution is 5.89. The second-order valence-corrected chi connectivity index (χ2v) is 3.23. The average molecular weight is 249 g/mol. The Balaban J connectivity index is 3.02. The number of carbonyl (C=O) groups excluding carboxylic acids is 1. The summed E-state index contributed by atoms with van der Waals surface area (Å²) in [5.41, 5.74) is 0.279. The first kappa shape index (κ1) is 13.7. The van der Waals surface area contributed by atoms with Crippen LogP contribution in [0.25, 0.3) is 0 Å². The van der Waals surface area contributed by atoms with Crippen LogP contribution in [0.4, 0.5) is 5.69 Å². The van der Waals surface area contributed by atoms with Gasteiger partial charge in [-0.2, -0.15) is 0 Å². The highest BCUT2D eigenvalue weighted by atomic mass is 16.6. The van der Waals surface area contributed by atoms with Gasteiger partial charge in [0.25, 0.3) is 5.69 Å². The minimum atomic E-state index is -0.689. The normalized spacial score (nSPS) is 9.22. The number of hydrogen-bond donors (Lipinski definition) is 1.